The maximum atomic E-state index is 11.6. The Morgan fingerprint density at radius 3 is 2.06 bits per heavy atom. The van der Waals surface area contributed by atoms with Gasteiger partial charge in [0.25, 0.3) is 0 Å². The molecule has 0 N–H and O–H groups in total. The number of esters is 2. The summed E-state index contributed by atoms with van der Waals surface area (Å²) in [6, 6.07) is 0.0909. The summed E-state index contributed by atoms with van der Waals surface area (Å²) >= 11 is 0. The molecule has 0 saturated heterocycles. The molecule has 0 unspecified atom stereocenters. The van der Waals surface area contributed by atoms with Crippen molar-refractivity contribution in [3.05, 3.63) is 0 Å². The minimum Gasteiger partial charge on any atom is -0.465 e. The molecule has 5 nitrogen and oxygen atoms in total. The molecule has 0 aliphatic carbocycles. The van der Waals surface area contributed by atoms with Crippen LogP contribution >= 0.6 is 0 Å². The van der Waals surface area contributed by atoms with Gasteiger partial charge in [-0.1, -0.05) is 13.3 Å². The summed E-state index contributed by atoms with van der Waals surface area (Å²) < 4.78 is 9.94. The zero-order chi connectivity index (χ0) is 14.0. The molecule has 0 aliphatic heterocycles. The molecule has 0 rings (SSSR count). The lowest BCUT2D eigenvalue weighted by Crippen LogP contribution is -2.40. The first kappa shape index (κ1) is 16.9. The quantitative estimate of drug-likeness (QED) is 0.465. The van der Waals surface area contributed by atoms with Crippen molar-refractivity contribution in [2.75, 3.05) is 26.3 Å². The Labute approximate surface area is 109 Å². The highest BCUT2D eigenvalue weighted by atomic mass is 16.5. The molecule has 0 radical (unpaired) electrons. The molecule has 0 heterocycles. The van der Waals surface area contributed by atoms with Crippen molar-refractivity contribution in [3.63, 3.8) is 0 Å². The highest BCUT2D eigenvalue weighted by Gasteiger charge is 2.18. The number of ether oxygens (including phenoxy) is 2. The summed E-state index contributed by atoms with van der Waals surface area (Å²) in [6.07, 6.45) is 1.86. The molecule has 0 atom stereocenters. The van der Waals surface area contributed by atoms with Crippen LogP contribution in [0.15, 0.2) is 0 Å². The maximum Gasteiger partial charge on any atom is 0.320 e. The molecule has 0 amide bonds. The SMILES string of the molecule is CCCCOC(=O)CN(CC(=O)OCC)C(C)C. The van der Waals surface area contributed by atoms with Gasteiger partial charge in [0, 0.05) is 6.04 Å². The molecule has 18 heavy (non-hydrogen) atoms. The molecule has 0 aliphatic rings. The Hall–Kier alpha value is -1.10. The van der Waals surface area contributed by atoms with Crippen LogP contribution in [0, 0.1) is 0 Å². The molecule has 0 aromatic heterocycles. The van der Waals surface area contributed by atoms with Crippen molar-refractivity contribution in [3.8, 4) is 0 Å². The second-order valence-electron chi connectivity index (χ2n) is 4.38. The second kappa shape index (κ2) is 9.88. The fourth-order valence-corrected chi connectivity index (χ4v) is 1.34. The Kier molecular flexibility index (Phi) is 9.28. The van der Waals surface area contributed by atoms with E-state index >= 15 is 0 Å². The fourth-order valence-electron chi connectivity index (χ4n) is 1.34. The summed E-state index contributed by atoms with van der Waals surface area (Å²) in [5.41, 5.74) is 0. The van der Waals surface area contributed by atoms with Crippen molar-refractivity contribution in [2.24, 2.45) is 0 Å². The minimum atomic E-state index is -0.312. The Balaban J connectivity index is 4.10. The van der Waals surface area contributed by atoms with Crippen LogP contribution in [0.3, 0.4) is 0 Å². The average Bonchev–Trinajstić information content (AvgIpc) is 2.28. The van der Waals surface area contributed by atoms with Crippen molar-refractivity contribution in [1.82, 2.24) is 4.90 Å². The standard InChI is InChI=1S/C13H25NO4/c1-5-7-8-18-13(16)10-14(11(3)4)9-12(15)17-6-2/h11H,5-10H2,1-4H3. The second-order valence-corrected chi connectivity index (χ2v) is 4.38. The summed E-state index contributed by atoms with van der Waals surface area (Å²) in [4.78, 5) is 24.7. The van der Waals surface area contributed by atoms with Crippen LogP contribution < -0.4 is 0 Å². The normalized spacial score (nSPS) is 10.8. The Morgan fingerprint density at radius 1 is 1.06 bits per heavy atom. The first-order valence-electron chi connectivity index (χ1n) is 6.56. The molecular weight excluding hydrogens is 234 g/mol. The molecule has 0 aromatic rings. The summed E-state index contributed by atoms with van der Waals surface area (Å²) in [5, 5.41) is 0. The molecule has 0 fully saturated rings. The summed E-state index contributed by atoms with van der Waals surface area (Å²) in [5.74, 6) is -0.603. The molecular formula is C13H25NO4. The third kappa shape index (κ3) is 8.06. The lowest BCUT2D eigenvalue weighted by atomic mass is 10.3. The minimum absolute atomic E-state index is 0.0909. The molecule has 0 bridgehead atoms. The maximum absolute atomic E-state index is 11.6. The van der Waals surface area contributed by atoms with Crippen LogP contribution in [-0.4, -0.2) is 49.2 Å². The summed E-state index contributed by atoms with van der Waals surface area (Å²) in [6.45, 7) is 8.70. The molecule has 0 spiro atoms. The van der Waals surface area contributed by atoms with Gasteiger partial charge in [-0.3, -0.25) is 14.5 Å². The lowest BCUT2D eigenvalue weighted by molar-refractivity contribution is -0.149. The predicted molar refractivity (Wildman–Crippen MR) is 69.2 cm³/mol. The smallest absolute Gasteiger partial charge is 0.320 e. The largest absolute Gasteiger partial charge is 0.465 e. The van der Waals surface area contributed by atoms with E-state index in [9.17, 15) is 9.59 Å². The van der Waals surface area contributed by atoms with Crippen LogP contribution in [0.1, 0.15) is 40.5 Å². The van der Waals surface area contributed by atoms with Gasteiger partial charge in [0.1, 0.15) is 0 Å². The van der Waals surface area contributed by atoms with Gasteiger partial charge in [0.15, 0.2) is 0 Å². The molecule has 0 aromatic carbocycles. The number of carbonyl (C=O) groups is 2. The van der Waals surface area contributed by atoms with Crippen LogP contribution in [0.2, 0.25) is 0 Å². The topological polar surface area (TPSA) is 55.8 Å². The first-order chi connectivity index (χ1) is 8.51. The van der Waals surface area contributed by atoms with Gasteiger partial charge in [0.2, 0.25) is 0 Å². The van der Waals surface area contributed by atoms with Crippen molar-refractivity contribution >= 4 is 11.9 Å². The number of unbranched alkanes of at least 4 members (excludes halogenated alkanes) is 1. The van der Waals surface area contributed by atoms with Gasteiger partial charge >= 0.3 is 11.9 Å². The lowest BCUT2D eigenvalue weighted by Gasteiger charge is -2.24. The zero-order valence-electron chi connectivity index (χ0n) is 11.9. The van der Waals surface area contributed by atoms with Crippen LogP contribution in [0.5, 0.6) is 0 Å². The average molecular weight is 259 g/mol. The van der Waals surface area contributed by atoms with Gasteiger partial charge in [-0.05, 0) is 27.2 Å². The number of nitrogens with zero attached hydrogens (tertiary/aromatic N) is 1. The number of carbonyl (C=O) groups excluding carboxylic acids is 2. The fraction of sp³-hybridized carbons (Fsp3) is 0.846. The first-order valence-corrected chi connectivity index (χ1v) is 6.56. The highest BCUT2D eigenvalue weighted by Crippen LogP contribution is 2.00. The number of hydrogen-bond acceptors (Lipinski definition) is 5. The van der Waals surface area contributed by atoms with E-state index in [1.165, 1.54) is 0 Å². The van der Waals surface area contributed by atoms with E-state index in [-0.39, 0.29) is 31.1 Å². The zero-order valence-corrected chi connectivity index (χ0v) is 11.9. The van der Waals surface area contributed by atoms with Crippen molar-refractivity contribution in [1.29, 1.82) is 0 Å². The van der Waals surface area contributed by atoms with Crippen LogP contribution in [-0.2, 0) is 19.1 Å². The van der Waals surface area contributed by atoms with Gasteiger partial charge in [-0.25, -0.2) is 0 Å². The van der Waals surface area contributed by atoms with Gasteiger partial charge in [-0.2, -0.15) is 0 Å². The van der Waals surface area contributed by atoms with Crippen LogP contribution in [0.25, 0.3) is 0 Å². The van der Waals surface area contributed by atoms with Gasteiger partial charge < -0.3 is 9.47 Å². The van der Waals surface area contributed by atoms with E-state index in [0.717, 1.165) is 12.8 Å². The Bertz CT molecular complexity index is 253. The molecule has 0 saturated carbocycles. The Morgan fingerprint density at radius 2 is 1.61 bits per heavy atom. The van der Waals surface area contributed by atoms with Crippen molar-refractivity contribution in [2.45, 2.75) is 46.6 Å². The van der Waals surface area contributed by atoms with Gasteiger partial charge in [-0.15, -0.1) is 0 Å². The van der Waals surface area contributed by atoms with E-state index in [2.05, 4.69) is 0 Å². The van der Waals surface area contributed by atoms with E-state index in [1.54, 1.807) is 11.8 Å². The molecule has 106 valence electrons. The van der Waals surface area contributed by atoms with Crippen molar-refractivity contribution < 1.29 is 19.1 Å². The summed E-state index contributed by atoms with van der Waals surface area (Å²) in [7, 11) is 0. The predicted octanol–water partition coefficient (Wildman–Crippen LogP) is 1.60. The number of hydrogen-bond donors (Lipinski definition) is 0. The monoisotopic (exact) mass is 259 g/mol. The van der Waals surface area contributed by atoms with Crippen LogP contribution in [0.4, 0.5) is 0 Å². The third-order valence-corrected chi connectivity index (χ3v) is 2.46. The molecule has 5 heteroatoms. The highest BCUT2D eigenvalue weighted by molar-refractivity contribution is 5.75. The van der Waals surface area contributed by atoms with E-state index < -0.39 is 0 Å². The van der Waals surface area contributed by atoms with E-state index in [0.29, 0.717) is 13.2 Å². The third-order valence-electron chi connectivity index (χ3n) is 2.46. The van der Waals surface area contributed by atoms with Gasteiger partial charge in [0.05, 0.1) is 26.3 Å². The van der Waals surface area contributed by atoms with E-state index in [1.807, 2.05) is 20.8 Å². The van der Waals surface area contributed by atoms with E-state index in [4.69, 9.17) is 9.47 Å². The number of rotatable bonds is 9.